The molecule has 0 spiro atoms. The van der Waals surface area contributed by atoms with Gasteiger partial charge in [-0.3, -0.25) is 0 Å². The fourth-order valence-electron chi connectivity index (χ4n) is 2.33. The Bertz CT molecular complexity index is 565. The van der Waals surface area contributed by atoms with Gasteiger partial charge in [-0.25, -0.2) is 0 Å². The van der Waals surface area contributed by atoms with E-state index in [1.807, 2.05) is 24.3 Å². The summed E-state index contributed by atoms with van der Waals surface area (Å²) < 4.78 is 12.2. The number of para-hydroxylation sites is 2. The molecule has 2 nitrogen and oxygen atoms in total. The first kappa shape index (κ1) is 18.4. The molecule has 2 heteroatoms. The van der Waals surface area contributed by atoms with Gasteiger partial charge in [-0.15, -0.1) is 0 Å². The summed E-state index contributed by atoms with van der Waals surface area (Å²) in [6.07, 6.45) is 2.24. The van der Waals surface area contributed by atoms with E-state index in [-0.39, 0.29) is 0 Å². The monoisotopic (exact) mass is 326 g/mol. The van der Waals surface area contributed by atoms with Crippen LogP contribution in [0, 0.1) is 11.8 Å². The van der Waals surface area contributed by atoms with Gasteiger partial charge in [0, 0.05) is 11.1 Å². The van der Waals surface area contributed by atoms with Crippen molar-refractivity contribution in [3.05, 3.63) is 48.5 Å². The van der Waals surface area contributed by atoms with Gasteiger partial charge < -0.3 is 9.47 Å². The van der Waals surface area contributed by atoms with Crippen LogP contribution in [0.2, 0.25) is 0 Å². The van der Waals surface area contributed by atoms with Crippen molar-refractivity contribution < 1.29 is 9.47 Å². The van der Waals surface area contributed by atoms with Gasteiger partial charge in [0.1, 0.15) is 11.5 Å². The maximum absolute atomic E-state index is 6.09. The normalized spacial score (nSPS) is 13.3. The molecule has 0 aliphatic carbocycles. The highest BCUT2D eigenvalue weighted by Crippen LogP contribution is 2.36. The van der Waals surface area contributed by atoms with Gasteiger partial charge in [0.25, 0.3) is 0 Å². The van der Waals surface area contributed by atoms with Crippen molar-refractivity contribution in [2.24, 2.45) is 11.8 Å². The fourth-order valence-corrected chi connectivity index (χ4v) is 2.33. The Balaban J connectivity index is 2.25. The van der Waals surface area contributed by atoms with Crippen LogP contribution in [0.3, 0.4) is 0 Å². The summed E-state index contributed by atoms with van der Waals surface area (Å²) in [4.78, 5) is 0. The maximum Gasteiger partial charge on any atom is 0.127 e. The molecule has 130 valence electrons. The van der Waals surface area contributed by atoms with E-state index in [0.717, 1.165) is 48.7 Å². The van der Waals surface area contributed by atoms with Crippen LogP contribution in [0.5, 0.6) is 11.5 Å². The third kappa shape index (κ3) is 5.02. The number of hydrogen-bond acceptors (Lipinski definition) is 2. The van der Waals surface area contributed by atoms with E-state index in [1.165, 1.54) is 0 Å². The lowest BCUT2D eigenvalue weighted by atomic mass is 10.0. The highest BCUT2D eigenvalue weighted by molar-refractivity contribution is 5.75. The number of benzene rings is 2. The Morgan fingerprint density at radius 1 is 0.667 bits per heavy atom. The molecular formula is C22H30O2. The highest BCUT2D eigenvalue weighted by atomic mass is 16.5. The van der Waals surface area contributed by atoms with Gasteiger partial charge in [-0.1, -0.05) is 76.9 Å². The van der Waals surface area contributed by atoms with Crippen molar-refractivity contribution in [3.8, 4) is 22.6 Å². The van der Waals surface area contributed by atoms with E-state index < -0.39 is 0 Å². The summed E-state index contributed by atoms with van der Waals surface area (Å²) in [5.74, 6) is 2.96. The van der Waals surface area contributed by atoms with Crippen molar-refractivity contribution in [2.45, 2.75) is 40.5 Å². The van der Waals surface area contributed by atoms with Crippen LogP contribution in [0.15, 0.2) is 48.5 Å². The Morgan fingerprint density at radius 3 is 1.42 bits per heavy atom. The van der Waals surface area contributed by atoms with Crippen molar-refractivity contribution in [3.63, 3.8) is 0 Å². The van der Waals surface area contributed by atoms with Gasteiger partial charge >= 0.3 is 0 Å². The minimum atomic E-state index is 0.551. The summed E-state index contributed by atoms with van der Waals surface area (Å²) in [6, 6.07) is 16.5. The van der Waals surface area contributed by atoms with Crippen LogP contribution in [-0.2, 0) is 0 Å². The summed E-state index contributed by atoms with van der Waals surface area (Å²) in [7, 11) is 0. The summed E-state index contributed by atoms with van der Waals surface area (Å²) >= 11 is 0. The fraction of sp³-hybridized carbons (Fsp3) is 0.455. The van der Waals surface area contributed by atoms with Gasteiger partial charge in [0.15, 0.2) is 0 Å². The predicted octanol–water partition coefficient (Wildman–Crippen LogP) is 6.20. The molecule has 2 atom stereocenters. The predicted molar refractivity (Wildman–Crippen MR) is 102 cm³/mol. The van der Waals surface area contributed by atoms with E-state index in [4.69, 9.17) is 9.47 Å². The van der Waals surface area contributed by atoms with Gasteiger partial charge in [0.2, 0.25) is 0 Å². The number of ether oxygens (including phenoxy) is 2. The molecule has 0 aliphatic heterocycles. The standard InChI is InChI=1S/C22H30O2/c1-5-17(3)15-23-21-13-9-7-11-19(21)20-12-8-10-14-22(20)24-16-18(4)6-2/h7-14,17-18H,5-6,15-16H2,1-4H3. The van der Waals surface area contributed by atoms with Crippen molar-refractivity contribution in [1.82, 2.24) is 0 Å². The molecule has 0 saturated carbocycles. The summed E-state index contributed by atoms with van der Waals surface area (Å²) in [5.41, 5.74) is 2.20. The van der Waals surface area contributed by atoms with Crippen LogP contribution in [0.25, 0.3) is 11.1 Å². The van der Waals surface area contributed by atoms with Crippen molar-refractivity contribution in [1.29, 1.82) is 0 Å². The summed E-state index contributed by atoms with van der Waals surface area (Å²) in [5, 5.41) is 0. The molecule has 0 N–H and O–H groups in total. The zero-order valence-corrected chi connectivity index (χ0v) is 15.4. The maximum atomic E-state index is 6.09. The van der Waals surface area contributed by atoms with Crippen molar-refractivity contribution >= 4 is 0 Å². The average molecular weight is 326 g/mol. The zero-order chi connectivity index (χ0) is 17.4. The van der Waals surface area contributed by atoms with Gasteiger partial charge in [-0.2, -0.15) is 0 Å². The van der Waals surface area contributed by atoms with Crippen LogP contribution < -0.4 is 9.47 Å². The van der Waals surface area contributed by atoms with Crippen LogP contribution in [-0.4, -0.2) is 13.2 Å². The third-order valence-corrected chi connectivity index (χ3v) is 4.50. The largest absolute Gasteiger partial charge is 0.493 e. The Hall–Kier alpha value is -1.96. The van der Waals surface area contributed by atoms with Crippen LogP contribution in [0.4, 0.5) is 0 Å². The average Bonchev–Trinajstić information content (AvgIpc) is 2.64. The minimum Gasteiger partial charge on any atom is -0.493 e. The Morgan fingerprint density at radius 2 is 1.04 bits per heavy atom. The second-order valence-electron chi connectivity index (χ2n) is 6.64. The van der Waals surface area contributed by atoms with E-state index in [0.29, 0.717) is 11.8 Å². The molecule has 0 bridgehead atoms. The number of hydrogen-bond donors (Lipinski definition) is 0. The first-order valence-corrected chi connectivity index (χ1v) is 9.09. The topological polar surface area (TPSA) is 18.5 Å². The molecule has 0 fully saturated rings. The molecule has 2 aromatic rings. The van der Waals surface area contributed by atoms with Crippen LogP contribution >= 0.6 is 0 Å². The second kappa shape index (κ2) is 9.36. The minimum absolute atomic E-state index is 0.551. The molecule has 2 aromatic carbocycles. The van der Waals surface area contributed by atoms with Crippen molar-refractivity contribution in [2.75, 3.05) is 13.2 Å². The highest BCUT2D eigenvalue weighted by Gasteiger charge is 2.12. The lowest BCUT2D eigenvalue weighted by Gasteiger charge is -2.18. The molecule has 2 unspecified atom stereocenters. The lowest BCUT2D eigenvalue weighted by Crippen LogP contribution is -2.09. The molecule has 0 aromatic heterocycles. The van der Waals surface area contributed by atoms with Gasteiger partial charge in [-0.05, 0) is 24.0 Å². The molecule has 0 radical (unpaired) electrons. The van der Waals surface area contributed by atoms with E-state index in [9.17, 15) is 0 Å². The van der Waals surface area contributed by atoms with E-state index >= 15 is 0 Å². The van der Waals surface area contributed by atoms with Gasteiger partial charge in [0.05, 0.1) is 13.2 Å². The van der Waals surface area contributed by atoms with E-state index in [1.54, 1.807) is 0 Å². The van der Waals surface area contributed by atoms with E-state index in [2.05, 4.69) is 52.0 Å². The molecule has 0 saturated heterocycles. The Labute approximate surface area is 146 Å². The SMILES string of the molecule is CCC(C)COc1ccccc1-c1ccccc1OCC(C)CC. The molecule has 0 aliphatic rings. The molecule has 0 amide bonds. The molecular weight excluding hydrogens is 296 g/mol. The Kier molecular flexibility index (Phi) is 7.17. The zero-order valence-electron chi connectivity index (χ0n) is 15.4. The van der Waals surface area contributed by atoms with Crippen LogP contribution in [0.1, 0.15) is 40.5 Å². The molecule has 24 heavy (non-hydrogen) atoms. The number of rotatable bonds is 9. The third-order valence-electron chi connectivity index (χ3n) is 4.50. The first-order valence-electron chi connectivity index (χ1n) is 9.09. The lowest BCUT2D eigenvalue weighted by molar-refractivity contribution is 0.254. The summed E-state index contributed by atoms with van der Waals surface area (Å²) in [6.45, 7) is 10.3. The smallest absolute Gasteiger partial charge is 0.127 e. The quantitative estimate of drug-likeness (QED) is 0.546. The molecule has 2 rings (SSSR count). The second-order valence-corrected chi connectivity index (χ2v) is 6.64. The first-order chi connectivity index (χ1) is 11.7. The molecule has 0 heterocycles.